The number of carboxylic acids is 1. The third-order valence-electron chi connectivity index (χ3n) is 6.14. The van der Waals surface area contributed by atoms with Crippen LogP contribution < -0.4 is 22.3 Å². The average Bonchev–Trinajstić information content (AvgIpc) is 2.83. The van der Waals surface area contributed by atoms with Crippen LogP contribution in [0.25, 0.3) is 0 Å². The number of amides is 1. The molecule has 8 atom stereocenters. The SMILES string of the molecule is C[C@@H]([C@H](N)C(=O)N[C@H](C(=O)O)[C@@H]1C[C@@H](O)[C@@H](O)[C@H](n2ccc(=O)[nH]c2=O)O1)[C@H](O)c1ccc(O)cc1. The Balaban J connectivity index is 1.77. The number of aromatic amines is 1. The first-order valence-corrected chi connectivity index (χ1v) is 11.0. The molecule has 1 fully saturated rings. The van der Waals surface area contributed by atoms with Crippen molar-refractivity contribution in [1.29, 1.82) is 0 Å². The van der Waals surface area contributed by atoms with Crippen molar-refractivity contribution in [2.24, 2.45) is 11.7 Å². The third kappa shape index (κ3) is 5.80. The number of aromatic hydroxyl groups is 1. The maximum atomic E-state index is 12.8. The van der Waals surface area contributed by atoms with Gasteiger partial charge in [0.15, 0.2) is 12.3 Å². The highest BCUT2D eigenvalue weighted by Crippen LogP contribution is 2.29. The van der Waals surface area contributed by atoms with Crippen LogP contribution in [0.4, 0.5) is 0 Å². The van der Waals surface area contributed by atoms with E-state index in [9.17, 15) is 44.7 Å². The predicted molar refractivity (Wildman–Crippen MR) is 122 cm³/mol. The first kappa shape index (κ1) is 27.0. The Morgan fingerprint density at radius 2 is 1.83 bits per heavy atom. The summed E-state index contributed by atoms with van der Waals surface area (Å²) in [5.74, 6) is -3.37. The molecular weight excluding hydrogens is 480 g/mol. The number of phenols is 1. The number of phenolic OH excluding ortho intramolecular Hbond substituents is 1. The largest absolute Gasteiger partial charge is 0.508 e. The van der Waals surface area contributed by atoms with Crippen LogP contribution in [0.15, 0.2) is 46.1 Å². The summed E-state index contributed by atoms with van der Waals surface area (Å²) >= 11 is 0. The number of aliphatic carboxylic acids is 1. The van der Waals surface area contributed by atoms with Gasteiger partial charge in [0.05, 0.1) is 24.4 Å². The Labute approximate surface area is 203 Å². The lowest BCUT2D eigenvalue weighted by Crippen LogP contribution is -2.60. The van der Waals surface area contributed by atoms with Crippen molar-refractivity contribution in [2.75, 3.05) is 0 Å². The van der Waals surface area contributed by atoms with Gasteiger partial charge in [-0.25, -0.2) is 9.59 Å². The second-order valence-corrected chi connectivity index (χ2v) is 8.62. The summed E-state index contributed by atoms with van der Waals surface area (Å²) in [4.78, 5) is 50.2. The van der Waals surface area contributed by atoms with Gasteiger partial charge in [-0.1, -0.05) is 19.1 Å². The quantitative estimate of drug-likeness (QED) is 0.186. The van der Waals surface area contributed by atoms with Crippen molar-refractivity contribution >= 4 is 11.9 Å². The van der Waals surface area contributed by atoms with E-state index in [2.05, 4.69) is 5.32 Å². The monoisotopic (exact) mass is 508 g/mol. The number of ether oxygens (including phenoxy) is 1. The molecule has 1 aromatic carbocycles. The highest BCUT2D eigenvalue weighted by atomic mass is 16.5. The Kier molecular flexibility index (Phi) is 8.27. The minimum absolute atomic E-state index is 0.0211. The molecule has 1 saturated heterocycles. The number of aliphatic hydroxyl groups excluding tert-OH is 3. The van der Waals surface area contributed by atoms with E-state index in [1.165, 1.54) is 31.2 Å². The summed E-state index contributed by atoms with van der Waals surface area (Å²) in [6, 6.07) is 3.45. The van der Waals surface area contributed by atoms with Crippen molar-refractivity contribution in [3.05, 3.63) is 62.9 Å². The lowest BCUT2D eigenvalue weighted by atomic mass is 9.90. The number of H-pyrrole nitrogens is 1. The zero-order chi connectivity index (χ0) is 26.7. The fraction of sp³-hybridized carbons (Fsp3) is 0.455. The van der Waals surface area contributed by atoms with E-state index >= 15 is 0 Å². The van der Waals surface area contributed by atoms with E-state index in [1.54, 1.807) is 0 Å². The van der Waals surface area contributed by atoms with Crippen molar-refractivity contribution in [3.63, 3.8) is 0 Å². The van der Waals surface area contributed by atoms with Crippen LogP contribution in [-0.4, -0.2) is 77.4 Å². The van der Waals surface area contributed by atoms with Crippen LogP contribution in [0.3, 0.4) is 0 Å². The minimum atomic E-state index is -1.75. The summed E-state index contributed by atoms with van der Waals surface area (Å²) in [5.41, 5.74) is 4.68. The molecule has 0 radical (unpaired) electrons. The number of aliphatic hydroxyl groups is 3. The Bertz CT molecular complexity index is 1200. The number of carbonyl (C=O) groups is 2. The molecule has 2 aromatic rings. The number of hydrogen-bond donors (Lipinski definition) is 8. The van der Waals surface area contributed by atoms with Gasteiger partial charge >= 0.3 is 11.7 Å². The number of aromatic nitrogens is 2. The number of nitrogens with two attached hydrogens (primary N) is 1. The van der Waals surface area contributed by atoms with Gasteiger partial charge in [-0.05, 0) is 17.7 Å². The van der Waals surface area contributed by atoms with E-state index in [1.807, 2.05) is 4.98 Å². The molecule has 196 valence electrons. The molecule has 1 aliphatic rings. The fourth-order valence-electron chi connectivity index (χ4n) is 3.93. The zero-order valence-electron chi connectivity index (χ0n) is 19.1. The number of nitrogens with zero attached hydrogens (tertiary/aromatic N) is 1. The highest BCUT2D eigenvalue weighted by Gasteiger charge is 2.44. The summed E-state index contributed by atoms with van der Waals surface area (Å²) < 4.78 is 6.37. The molecule has 0 unspecified atom stereocenters. The lowest BCUT2D eigenvalue weighted by molar-refractivity contribution is -0.209. The number of carboxylic acid groups (broad SMARTS) is 1. The van der Waals surface area contributed by atoms with E-state index < -0.39 is 78.2 Å². The molecule has 0 saturated carbocycles. The molecule has 1 aromatic heterocycles. The number of carbonyl (C=O) groups excluding carboxylic acids is 1. The average molecular weight is 508 g/mol. The standard InChI is InChI=1S/C22H28N4O10/c1-9(17(30)10-2-4-11(27)5-3-10)15(23)19(32)25-16(21(33)34)13-8-12(28)18(31)20(36-13)26-7-6-14(29)24-22(26)35/h2-7,9,12-13,15-18,20,27-28,30-31H,8,23H2,1H3,(H,25,32)(H,33,34)(H,24,29,35)/t9-,12+,13-,15-,16-,17-,18+,20+/m0/s1. The summed E-state index contributed by atoms with van der Waals surface area (Å²) in [6.45, 7) is 1.48. The smallest absolute Gasteiger partial charge is 0.330 e. The van der Waals surface area contributed by atoms with E-state index in [0.29, 0.717) is 5.56 Å². The molecule has 9 N–H and O–H groups in total. The molecule has 3 rings (SSSR count). The van der Waals surface area contributed by atoms with Gasteiger partial charge in [0, 0.05) is 24.6 Å². The van der Waals surface area contributed by atoms with Crippen molar-refractivity contribution in [1.82, 2.24) is 14.9 Å². The molecule has 2 heterocycles. The van der Waals surface area contributed by atoms with E-state index in [-0.39, 0.29) is 5.75 Å². The number of benzene rings is 1. The van der Waals surface area contributed by atoms with Gasteiger partial charge in [0.1, 0.15) is 11.9 Å². The Hall–Kier alpha value is -3.56. The summed E-state index contributed by atoms with van der Waals surface area (Å²) in [6.07, 6.45) is -6.75. The van der Waals surface area contributed by atoms with Gasteiger partial charge in [0.25, 0.3) is 5.56 Å². The highest BCUT2D eigenvalue weighted by molar-refractivity contribution is 5.87. The second-order valence-electron chi connectivity index (χ2n) is 8.62. The van der Waals surface area contributed by atoms with Crippen LogP contribution in [0, 0.1) is 5.92 Å². The Morgan fingerprint density at radius 3 is 2.42 bits per heavy atom. The number of hydrogen-bond acceptors (Lipinski definition) is 10. The zero-order valence-corrected chi connectivity index (χ0v) is 19.1. The molecular formula is C22H28N4O10. The molecule has 1 amide bonds. The van der Waals surface area contributed by atoms with Crippen LogP contribution in [-0.2, 0) is 14.3 Å². The minimum Gasteiger partial charge on any atom is -0.508 e. The second kappa shape index (κ2) is 11.0. The molecule has 36 heavy (non-hydrogen) atoms. The predicted octanol–water partition coefficient (Wildman–Crippen LogP) is -2.48. The first-order valence-electron chi connectivity index (χ1n) is 11.0. The van der Waals surface area contributed by atoms with Gasteiger partial charge in [0.2, 0.25) is 5.91 Å². The van der Waals surface area contributed by atoms with Crippen molar-refractivity contribution < 1.29 is 39.9 Å². The molecule has 14 heteroatoms. The first-order chi connectivity index (χ1) is 16.9. The van der Waals surface area contributed by atoms with E-state index in [4.69, 9.17) is 10.5 Å². The molecule has 14 nitrogen and oxygen atoms in total. The maximum absolute atomic E-state index is 12.8. The van der Waals surface area contributed by atoms with Gasteiger partial charge in [-0.15, -0.1) is 0 Å². The molecule has 0 aliphatic carbocycles. The van der Waals surface area contributed by atoms with Gasteiger partial charge in [-0.3, -0.25) is 19.1 Å². The topological polar surface area (TPSA) is 237 Å². The van der Waals surface area contributed by atoms with Gasteiger partial charge in [-0.2, -0.15) is 0 Å². The van der Waals surface area contributed by atoms with E-state index in [0.717, 1.165) is 16.8 Å². The van der Waals surface area contributed by atoms with Gasteiger partial charge < -0.3 is 41.3 Å². The van der Waals surface area contributed by atoms with Crippen LogP contribution in [0.2, 0.25) is 0 Å². The lowest BCUT2D eigenvalue weighted by Gasteiger charge is -2.40. The van der Waals surface area contributed by atoms with Crippen LogP contribution >= 0.6 is 0 Å². The van der Waals surface area contributed by atoms with Crippen molar-refractivity contribution in [2.45, 2.75) is 56.1 Å². The third-order valence-corrected chi connectivity index (χ3v) is 6.14. The number of nitrogens with one attached hydrogen (secondary N) is 2. The summed E-state index contributed by atoms with van der Waals surface area (Å²) in [5, 5.41) is 52.6. The molecule has 1 aliphatic heterocycles. The Morgan fingerprint density at radius 1 is 1.19 bits per heavy atom. The summed E-state index contributed by atoms with van der Waals surface area (Å²) in [7, 11) is 0. The number of rotatable bonds is 8. The van der Waals surface area contributed by atoms with Crippen LogP contribution in [0.5, 0.6) is 5.75 Å². The fourth-order valence-corrected chi connectivity index (χ4v) is 3.93. The van der Waals surface area contributed by atoms with Crippen molar-refractivity contribution in [3.8, 4) is 5.75 Å². The normalized spacial score (nSPS) is 25.4. The van der Waals surface area contributed by atoms with Crippen LogP contribution in [0.1, 0.15) is 31.2 Å². The molecule has 0 bridgehead atoms. The maximum Gasteiger partial charge on any atom is 0.330 e. The molecule has 0 spiro atoms.